The molecule has 6 nitrogen and oxygen atoms in total. The fourth-order valence-corrected chi connectivity index (χ4v) is 3.92. The molecule has 0 fully saturated rings. The fraction of sp³-hybridized carbons (Fsp3) is 0.136. The molecule has 0 bridgehead atoms. The Balaban J connectivity index is 1.49. The maximum atomic E-state index is 13.7. The number of halogens is 1. The van der Waals surface area contributed by atoms with Gasteiger partial charge in [-0.05, 0) is 25.5 Å². The number of thiazole rings is 1. The van der Waals surface area contributed by atoms with Crippen LogP contribution in [0.2, 0.25) is 0 Å². The lowest BCUT2D eigenvalue weighted by molar-refractivity contribution is -0.116. The van der Waals surface area contributed by atoms with Crippen molar-refractivity contribution in [1.29, 1.82) is 0 Å². The number of benzene rings is 2. The van der Waals surface area contributed by atoms with Crippen molar-refractivity contribution in [2.24, 2.45) is 0 Å². The molecule has 0 spiro atoms. The molecule has 8 heteroatoms. The SMILES string of the molecule is Cc1[nH]n(-c2nc(-c3ccccc3)cs2)c(=O)c1CCC(=O)Nc1ccccc1F. The molecule has 0 radical (unpaired) electrons. The van der Waals surface area contributed by atoms with Crippen LogP contribution in [0.25, 0.3) is 16.4 Å². The van der Waals surface area contributed by atoms with Crippen molar-refractivity contribution in [1.82, 2.24) is 14.8 Å². The Hall–Kier alpha value is -3.52. The standard InChI is InChI=1S/C22H19FN4O2S/c1-14-16(11-12-20(28)24-18-10-6-5-9-17(18)23)21(29)27(26-14)22-25-19(13-30-22)15-7-3-2-4-8-15/h2-10,13,26H,11-12H2,1H3,(H,24,28). The number of H-pyrrole nitrogens is 1. The van der Waals surface area contributed by atoms with E-state index in [1.54, 1.807) is 19.1 Å². The van der Waals surface area contributed by atoms with Crippen molar-refractivity contribution >= 4 is 22.9 Å². The molecule has 2 N–H and O–H groups in total. The minimum atomic E-state index is -0.496. The molecule has 0 aliphatic rings. The first-order valence-corrected chi connectivity index (χ1v) is 10.3. The van der Waals surface area contributed by atoms with E-state index in [1.807, 2.05) is 35.7 Å². The van der Waals surface area contributed by atoms with Gasteiger partial charge in [-0.1, -0.05) is 42.5 Å². The number of anilines is 1. The van der Waals surface area contributed by atoms with Gasteiger partial charge in [0.15, 0.2) is 0 Å². The Labute approximate surface area is 176 Å². The molecular weight excluding hydrogens is 403 g/mol. The number of carbonyl (C=O) groups excluding carboxylic acids is 1. The fourth-order valence-electron chi connectivity index (χ4n) is 3.13. The van der Waals surface area contributed by atoms with E-state index in [4.69, 9.17) is 0 Å². The molecular formula is C22H19FN4O2S. The van der Waals surface area contributed by atoms with Crippen LogP contribution >= 0.6 is 11.3 Å². The van der Waals surface area contributed by atoms with Gasteiger partial charge in [0, 0.05) is 28.6 Å². The van der Waals surface area contributed by atoms with E-state index in [9.17, 15) is 14.0 Å². The van der Waals surface area contributed by atoms with Gasteiger partial charge < -0.3 is 5.32 Å². The number of para-hydroxylation sites is 1. The lowest BCUT2D eigenvalue weighted by atomic mass is 10.1. The molecule has 1 amide bonds. The molecule has 2 aromatic heterocycles. The number of rotatable bonds is 6. The molecule has 0 aliphatic heterocycles. The van der Waals surface area contributed by atoms with Crippen molar-refractivity contribution in [2.75, 3.05) is 5.32 Å². The average molecular weight is 422 g/mol. The third-order valence-electron chi connectivity index (χ3n) is 4.70. The number of hydrogen-bond donors (Lipinski definition) is 2. The molecule has 0 saturated carbocycles. The molecule has 0 saturated heterocycles. The zero-order valence-corrected chi connectivity index (χ0v) is 17.0. The van der Waals surface area contributed by atoms with Gasteiger partial charge in [-0.3, -0.25) is 14.7 Å². The topological polar surface area (TPSA) is 79.8 Å². The molecule has 4 rings (SSSR count). The first kappa shape index (κ1) is 19.8. The third-order valence-corrected chi connectivity index (χ3v) is 5.52. The van der Waals surface area contributed by atoms with Crippen molar-refractivity contribution in [3.63, 3.8) is 0 Å². The minimum Gasteiger partial charge on any atom is -0.324 e. The number of nitrogens with one attached hydrogen (secondary N) is 2. The van der Waals surface area contributed by atoms with Gasteiger partial charge in [0.05, 0.1) is 11.4 Å². The molecule has 0 aliphatic carbocycles. The Morgan fingerprint density at radius 2 is 1.90 bits per heavy atom. The number of aromatic amines is 1. The summed E-state index contributed by atoms with van der Waals surface area (Å²) < 4.78 is 15.1. The lowest BCUT2D eigenvalue weighted by Crippen LogP contribution is -2.19. The minimum absolute atomic E-state index is 0.0649. The van der Waals surface area contributed by atoms with Gasteiger partial charge in [0.1, 0.15) is 5.82 Å². The van der Waals surface area contributed by atoms with Crippen LogP contribution in [0.15, 0.2) is 64.8 Å². The van der Waals surface area contributed by atoms with Gasteiger partial charge in [-0.2, -0.15) is 4.68 Å². The van der Waals surface area contributed by atoms with E-state index in [-0.39, 0.29) is 30.0 Å². The molecule has 2 aromatic carbocycles. The van der Waals surface area contributed by atoms with Crippen LogP contribution in [0.3, 0.4) is 0 Å². The second kappa shape index (κ2) is 8.46. The predicted molar refractivity (Wildman–Crippen MR) is 116 cm³/mol. The highest BCUT2D eigenvalue weighted by atomic mass is 32.1. The summed E-state index contributed by atoms with van der Waals surface area (Å²) in [6.45, 7) is 1.79. The number of nitrogens with zero attached hydrogens (tertiary/aromatic N) is 2. The molecule has 0 unspecified atom stereocenters. The van der Waals surface area contributed by atoms with Crippen LogP contribution in [0.4, 0.5) is 10.1 Å². The summed E-state index contributed by atoms with van der Waals surface area (Å²) in [6, 6.07) is 15.7. The maximum Gasteiger partial charge on any atom is 0.276 e. The number of amides is 1. The molecule has 2 heterocycles. The highest BCUT2D eigenvalue weighted by Crippen LogP contribution is 2.23. The van der Waals surface area contributed by atoms with Crippen molar-refractivity contribution in [2.45, 2.75) is 19.8 Å². The van der Waals surface area contributed by atoms with Gasteiger partial charge in [-0.25, -0.2) is 9.37 Å². The second-order valence-corrected chi connectivity index (χ2v) is 7.60. The smallest absolute Gasteiger partial charge is 0.276 e. The largest absolute Gasteiger partial charge is 0.324 e. The van der Waals surface area contributed by atoms with E-state index in [1.165, 1.54) is 28.2 Å². The molecule has 30 heavy (non-hydrogen) atoms. The summed E-state index contributed by atoms with van der Waals surface area (Å²) in [5, 5.41) is 8.00. The second-order valence-electron chi connectivity index (χ2n) is 6.77. The highest BCUT2D eigenvalue weighted by molar-refractivity contribution is 7.12. The highest BCUT2D eigenvalue weighted by Gasteiger charge is 2.17. The summed E-state index contributed by atoms with van der Waals surface area (Å²) in [4.78, 5) is 29.6. The summed E-state index contributed by atoms with van der Waals surface area (Å²) in [7, 11) is 0. The number of hydrogen-bond acceptors (Lipinski definition) is 4. The third kappa shape index (κ3) is 4.08. The van der Waals surface area contributed by atoms with Gasteiger partial charge >= 0.3 is 0 Å². The normalized spacial score (nSPS) is 10.9. The van der Waals surface area contributed by atoms with E-state index in [2.05, 4.69) is 15.4 Å². The first-order valence-electron chi connectivity index (χ1n) is 9.39. The number of aromatic nitrogens is 3. The van der Waals surface area contributed by atoms with Crippen molar-refractivity contribution in [3.05, 3.63) is 87.4 Å². The molecule has 0 atom stereocenters. The Morgan fingerprint density at radius 3 is 2.67 bits per heavy atom. The summed E-state index contributed by atoms with van der Waals surface area (Å²) in [5.41, 5.74) is 2.84. The Bertz CT molecular complexity index is 1240. The zero-order valence-electron chi connectivity index (χ0n) is 16.2. The Kier molecular flexibility index (Phi) is 5.58. The maximum absolute atomic E-state index is 13.7. The zero-order chi connectivity index (χ0) is 21.1. The van der Waals surface area contributed by atoms with Crippen LogP contribution in [0, 0.1) is 12.7 Å². The van der Waals surface area contributed by atoms with E-state index >= 15 is 0 Å². The monoisotopic (exact) mass is 422 g/mol. The van der Waals surface area contributed by atoms with E-state index in [0.717, 1.165) is 11.3 Å². The number of carbonyl (C=O) groups is 1. The van der Waals surface area contributed by atoms with Crippen LogP contribution in [0.1, 0.15) is 17.7 Å². The molecule has 152 valence electrons. The quantitative estimate of drug-likeness (QED) is 0.486. The van der Waals surface area contributed by atoms with Crippen LogP contribution in [-0.4, -0.2) is 20.7 Å². The number of aryl methyl sites for hydroxylation is 1. The lowest BCUT2D eigenvalue weighted by Gasteiger charge is -2.05. The van der Waals surface area contributed by atoms with Gasteiger partial charge in [-0.15, -0.1) is 11.3 Å². The average Bonchev–Trinajstić information content (AvgIpc) is 3.34. The van der Waals surface area contributed by atoms with Crippen LogP contribution in [-0.2, 0) is 11.2 Å². The summed E-state index contributed by atoms with van der Waals surface area (Å²) in [5.74, 6) is -0.851. The van der Waals surface area contributed by atoms with Crippen LogP contribution in [0.5, 0.6) is 0 Å². The van der Waals surface area contributed by atoms with Gasteiger partial charge in [0.2, 0.25) is 11.0 Å². The summed E-state index contributed by atoms with van der Waals surface area (Å²) in [6.07, 6.45) is 0.306. The first-order chi connectivity index (χ1) is 14.5. The summed E-state index contributed by atoms with van der Waals surface area (Å²) >= 11 is 1.36. The van der Waals surface area contributed by atoms with E-state index in [0.29, 0.717) is 16.4 Å². The molecule has 4 aromatic rings. The van der Waals surface area contributed by atoms with Gasteiger partial charge in [0.25, 0.3) is 5.56 Å². The van der Waals surface area contributed by atoms with E-state index < -0.39 is 5.82 Å². The van der Waals surface area contributed by atoms with Crippen molar-refractivity contribution < 1.29 is 9.18 Å². The Morgan fingerprint density at radius 1 is 1.17 bits per heavy atom. The van der Waals surface area contributed by atoms with Crippen molar-refractivity contribution in [3.8, 4) is 16.4 Å². The van der Waals surface area contributed by atoms with Crippen LogP contribution < -0.4 is 10.9 Å². The predicted octanol–water partition coefficient (Wildman–Crippen LogP) is 4.31.